The van der Waals surface area contributed by atoms with Crippen molar-refractivity contribution in [3.63, 3.8) is 0 Å². The minimum absolute atomic E-state index is 0.0831. The zero-order valence-electron chi connectivity index (χ0n) is 12.1. The van der Waals surface area contributed by atoms with Crippen molar-refractivity contribution in [2.45, 2.75) is 11.2 Å². The van der Waals surface area contributed by atoms with Gasteiger partial charge in [0.2, 0.25) is 11.1 Å². The fourth-order valence-electron chi connectivity index (χ4n) is 2.09. The van der Waals surface area contributed by atoms with Crippen LogP contribution in [0.1, 0.15) is 16.5 Å². The van der Waals surface area contributed by atoms with Gasteiger partial charge in [0.05, 0.1) is 11.8 Å². The molecule has 2 heterocycles. The first-order chi connectivity index (χ1) is 11.2. The molecule has 6 nitrogen and oxygen atoms in total. The lowest BCUT2D eigenvalue weighted by molar-refractivity contribution is -0.119. The summed E-state index contributed by atoms with van der Waals surface area (Å²) < 4.78 is 1.30. The van der Waals surface area contributed by atoms with Crippen molar-refractivity contribution in [3.8, 4) is 0 Å². The lowest BCUT2D eigenvalue weighted by atomic mass is 10.1. The van der Waals surface area contributed by atoms with Crippen molar-refractivity contribution in [3.05, 3.63) is 64.6 Å². The van der Waals surface area contributed by atoms with Crippen molar-refractivity contribution < 1.29 is 4.79 Å². The molecular weight excluding hydrogens is 330 g/mol. The standard InChI is InChI=1S/C15H15N5OS2/c16-20-10-17-19-15(20)23-9-13(21)18-14(12-7-4-8-22-12)11-5-2-1-3-6-11/h1-8,10,14H,9,16H2,(H,18,21)/t14-/m0/s1. The molecular formula is C15H15N5OS2. The number of nitrogens with zero attached hydrogens (tertiary/aromatic N) is 3. The van der Waals surface area contributed by atoms with E-state index in [0.29, 0.717) is 5.16 Å². The summed E-state index contributed by atoms with van der Waals surface area (Å²) in [5.41, 5.74) is 1.05. The minimum atomic E-state index is -0.153. The zero-order valence-corrected chi connectivity index (χ0v) is 13.8. The van der Waals surface area contributed by atoms with Crippen LogP contribution in [-0.4, -0.2) is 26.5 Å². The highest BCUT2D eigenvalue weighted by Crippen LogP contribution is 2.26. The van der Waals surface area contributed by atoms with E-state index in [0.717, 1.165) is 10.4 Å². The van der Waals surface area contributed by atoms with E-state index in [1.54, 1.807) is 11.3 Å². The van der Waals surface area contributed by atoms with Gasteiger partial charge in [0, 0.05) is 4.88 Å². The molecule has 1 amide bonds. The normalized spacial score (nSPS) is 12.0. The summed E-state index contributed by atoms with van der Waals surface area (Å²) in [7, 11) is 0. The predicted molar refractivity (Wildman–Crippen MR) is 91.6 cm³/mol. The van der Waals surface area contributed by atoms with Crippen LogP contribution in [0, 0.1) is 0 Å². The molecule has 118 valence electrons. The molecule has 3 rings (SSSR count). The number of nitrogens with one attached hydrogen (secondary N) is 1. The van der Waals surface area contributed by atoms with E-state index in [2.05, 4.69) is 15.5 Å². The van der Waals surface area contributed by atoms with E-state index in [-0.39, 0.29) is 17.7 Å². The van der Waals surface area contributed by atoms with E-state index >= 15 is 0 Å². The number of nitrogens with two attached hydrogens (primary N) is 1. The van der Waals surface area contributed by atoms with Gasteiger partial charge in [-0.2, -0.15) is 0 Å². The molecule has 0 saturated heterocycles. The maximum Gasteiger partial charge on any atom is 0.231 e. The first-order valence-corrected chi connectivity index (χ1v) is 8.76. The molecule has 0 aliphatic carbocycles. The van der Waals surface area contributed by atoms with Gasteiger partial charge < -0.3 is 11.2 Å². The molecule has 3 aromatic rings. The molecule has 1 atom stereocenters. The fourth-order valence-corrected chi connectivity index (χ4v) is 3.53. The number of carbonyl (C=O) groups excluding carboxylic acids is 1. The maximum atomic E-state index is 12.3. The van der Waals surface area contributed by atoms with E-state index in [4.69, 9.17) is 5.84 Å². The third-order valence-corrected chi connectivity index (χ3v) is 5.03. The summed E-state index contributed by atoms with van der Waals surface area (Å²) in [6.07, 6.45) is 1.40. The Morgan fingerprint density at radius 3 is 2.78 bits per heavy atom. The van der Waals surface area contributed by atoms with Gasteiger partial charge in [-0.25, -0.2) is 4.68 Å². The Bertz CT molecular complexity index is 757. The van der Waals surface area contributed by atoms with Gasteiger partial charge in [-0.15, -0.1) is 21.5 Å². The van der Waals surface area contributed by atoms with Crippen LogP contribution in [0.4, 0.5) is 0 Å². The maximum absolute atomic E-state index is 12.3. The number of thioether (sulfide) groups is 1. The first kappa shape index (κ1) is 15.6. The highest BCUT2D eigenvalue weighted by molar-refractivity contribution is 7.99. The molecule has 0 saturated carbocycles. The van der Waals surface area contributed by atoms with Gasteiger partial charge in [-0.1, -0.05) is 48.2 Å². The van der Waals surface area contributed by atoms with Gasteiger partial charge in [0.1, 0.15) is 6.33 Å². The number of hydrogen-bond donors (Lipinski definition) is 2. The van der Waals surface area contributed by atoms with Gasteiger partial charge in [0.25, 0.3) is 0 Å². The van der Waals surface area contributed by atoms with Gasteiger partial charge >= 0.3 is 0 Å². The lowest BCUT2D eigenvalue weighted by Crippen LogP contribution is -2.30. The van der Waals surface area contributed by atoms with Crippen LogP contribution in [0.25, 0.3) is 0 Å². The Morgan fingerprint density at radius 2 is 2.13 bits per heavy atom. The summed E-state index contributed by atoms with van der Waals surface area (Å²) >= 11 is 2.87. The quantitative estimate of drug-likeness (QED) is 0.527. The van der Waals surface area contributed by atoms with Crippen molar-refractivity contribution in [1.29, 1.82) is 0 Å². The zero-order chi connectivity index (χ0) is 16.1. The monoisotopic (exact) mass is 345 g/mol. The third-order valence-electron chi connectivity index (χ3n) is 3.14. The Morgan fingerprint density at radius 1 is 1.30 bits per heavy atom. The molecule has 23 heavy (non-hydrogen) atoms. The minimum Gasteiger partial charge on any atom is -0.344 e. The molecule has 0 unspecified atom stereocenters. The molecule has 0 aliphatic rings. The Hall–Kier alpha value is -2.32. The van der Waals surface area contributed by atoms with E-state index in [9.17, 15) is 4.79 Å². The van der Waals surface area contributed by atoms with Crippen LogP contribution >= 0.6 is 23.1 Å². The summed E-state index contributed by atoms with van der Waals surface area (Å²) in [6, 6.07) is 13.8. The van der Waals surface area contributed by atoms with Gasteiger partial charge in [0.15, 0.2) is 0 Å². The van der Waals surface area contributed by atoms with Crippen molar-refractivity contribution in [2.24, 2.45) is 0 Å². The fraction of sp³-hybridized carbons (Fsp3) is 0.133. The second kappa shape index (κ2) is 7.30. The van der Waals surface area contributed by atoms with Crippen LogP contribution < -0.4 is 11.2 Å². The number of amides is 1. The topological polar surface area (TPSA) is 85.8 Å². The molecule has 0 spiro atoms. The van der Waals surface area contributed by atoms with Gasteiger partial charge in [-0.3, -0.25) is 4.79 Å². The SMILES string of the molecule is Nn1cnnc1SCC(=O)N[C@@H](c1ccccc1)c1cccs1. The van der Waals surface area contributed by atoms with Crippen molar-refractivity contribution in [2.75, 3.05) is 11.6 Å². The number of nitrogen functional groups attached to an aromatic ring is 1. The molecule has 3 N–H and O–H groups in total. The van der Waals surface area contributed by atoms with E-state index in [1.165, 1.54) is 22.8 Å². The number of carbonyl (C=O) groups is 1. The average Bonchev–Trinajstić information content (AvgIpc) is 3.23. The summed E-state index contributed by atoms with van der Waals surface area (Å²) in [5, 5.41) is 13.1. The van der Waals surface area contributed by atoms with Crippen LogP contribution in [0.5, 0.6) is 0 Å². The van der Waals surface area contributed by atoms with E-state index in [1.807, 2.05) is 47.8 Å². The molecule has 0 bridgehead atoms. The van der Waals surface area contributed by atoms with E-state index < -0.39 is 0 Å². The number of rotatable bonds is 6. The van der Waals surface area contributed by atoms with Gasteiger partial charge in [-0.05, 0) is 17.0 Å². The number of hydrogen-bond acceptors (Lipinski definition) is 6. The first-order valence-electron chi connectivity index (χ1n) is 6.89. The Kier molecular flexibility index (Phi) is 4.94. The van der Waals surface area contributed by atoms with Crippen molar-refractivity contribution >= 4 is 29.0 Å². The van der Waals surface area contributed by atoms with Crippen LogP contribution in [0.15, 0.2) is 59.3 Å². The number of thiophene rings is 1. The number of aromatic nitrogens is 3. The molecule has 0 fully saturated rings. The molecule has 0 aliphatic heterocycles. The highest BCUT2D eigenvalue weighted by Gasteiger charge is 2.18. The highest BCUT2D eigenvalue weighted by atomic mass is 32.2. The second-order valence-corrected chi connectivity index (χ2v) is 6.66. The summed E-state index contributed by atoms with van der Waals surface area (Å²) in [6.45, 7) is 0. The molecule has 2 aromatic heterocycles. The van der Waals surface area contributed by atoms with Crippen molar-refractivity contribution in [1.82, 2.24) is 20.2 Å². The number of benzene rings is 1. The Labute approximate surface area is 141 Å². The molecule has 0 radical (unpaired) electrons. The van der Waals surface area contributed by atoms with Crippen LogP contribution in [-0.2, 0) is 4.79 Å². The van der Waals surface area contributed by atoms with Crippen LogP contribution in [0.3, 0.4) is 0 Å². The smallest absolute Gasteiger partial charge is 0.231 e. The summed E-state index contributed by atoms with van der Waals surface area (Å²) in [4.78, 5) is 13.4. The predicted octanol–water partition coefficient (Wildman–Crippen LogP) is 2.05. The average molecular weight is 345 g/mol. The Balaban J connectivity index is 1.69. The lowest BCUT2D eigenvalue weighted by Gasteiger charge is -2.18. The molecule has 1 aromatic carbocycles. The largest absolute Gasteiger partial charge is 0.344 e. The molecule has 8 heteroatoms. The second-order valence-electron chi connectivity index (χ2n) is 4.74. The third kappa shape index (κ3) is 3.91. The van der Waals surface area contributed by atoms with Crippen LogP contribution in [0.2, 0.25) is 0 Å². The summed E-state index contributed by atoms with van der Waals surface area (Å²) in [5.74, 6) is 5.78.